The molecule has 0 amide bonds. The SMILES string of the molecule is Cc1c(S(N)(=O)=O)cc(-c2cn(Cc3cccc(Cl)c3)c3ccccc23)n1CC1CCCCC1. The van der Waals surface area contributed by atoms with E-state index >= 15 is 0 Å². The standard InChI is InChI=1S/C27H30ClN3O2S/c1-19-27(34(29,32)33)15-26(31(19)17-20-8-3-2-4-9-20)24-18-30(25-13-6-5-12-23(24)25)16-21-10-7-11-22(28)14-21/h5-7,10-15,18,20H,2-4,8-9,16-17H2,1H3,(H2,29,32,33). The van der Waals surface area contributed by atoms with Crippen molar-refractivity contribution in [2.24, 2.45) is 11.1 Å². The molecule has 34 heavy (non-hydrogen) atoms. The lowest BCUT2D eigenvalue weighted by atomic mass is 9.89. The predicted octanol–water partition coefficient (Wildman–Crippen LogP) is 6.35. The molecular formula is C27H30ClN3O2S. The molecule has 1 saturated carbocycles. The van der Waals surface area contributed by atoms with E-state index in [1.54, 1.807) is 6.07 Å². The van der Waals surface area contributed by atoms with Gasteiger partial charge in [-0.1, -0.05) is 61.2 Å². The third-order valence-electron chi connectivity index (χ3n) is 7.10. The molecule has 178 valence electrons. The van der Waals surface area contributed by atoms with Gasteiger partial charge in [0.05, 0.1) is 5.69 Å². The smallest absolute Gasteiger partial charge is 0.239 e. The maximum absolute atomic E-state index is 12.4. The molecule has 4 aromatic rings. The number of para-hydroxylation sites is 1. The third-order valence-corrected chi connectivity index (χ3v) is 8.36. The van der Waals surface area contributed by atoms with Gasteiger partial charge in [0, 0.05) is 46.5 Å². The summed E-state index contributed by atoms with van der Waals surface area (Å²) in [4.78, 5) is 0.213. The molecule has 5 nitrogen and oxygen atoms in total. The van der Waals surface area contributed by atoms with Crippen molar-refractivity contribution in [3.05, 3.63) is 77.1 Å². The third kappa shape index (κ3) is 4.54. The molecule has 1 aliphatic carbocycles. The summed E-state index contributed by atoms with van der Waals surface area (Å²) < 4.78 is 29.3. The molecule has 1 aliphatic rings. The van der Waals surface area contributed by atoms with Gasteiger partial charge in [-0.3, -0.25) is 0 Å². The molecule has 2 N–H and O–H groups in total. The molecule has 0 unspecified atom stereocenters. The number of nitrogens with zero attached hydrogens (tertiary/aromatic N) is 2. The van der Waals surface area contributed by atoms with Crippen molar-refractivity contribution in [1.82, 2.24) is 9.13 Å². The largest absolute Gasteiger partial charge is 0.343 e. The Labute approximate surface area is 206 Å². The maximum atomic E-state index is 12.4. The van der Waals surface area contributed by atoms with Crippen molar-refractivity contribution in [2.75, 3.05) is 0 Å². The highest BCUT2D eigenvalue weighted by atomic mass is 35.5. The summed E-state index contributed by atoms with van der Waals surface area (Å²) in [5.41, 5.74) is 4.85. The van der Waals surface area contributed by atoms with Gasteiger partial charge in [0.25, 0.3) is 0 Å². The van der Waals surface area contributed by atoms with Crippen molar-refractivity contribution in [3.63, 3.8) is 0 Å². The monoisotopic (exact) mass is 495 g/mol. The first-order chi connectivity index (χ1) is 16.3. The first-order valence-electron chi connectivity index (χ1n) is 11.9. The molecule has 0 radical (unpaired) electrons. The average molecular weight is 496 g/mol. The highest BCUT2D eigenvalue weighted by molar-refractivity contribution is 7.89. The Hall–Kier alpha value is -2.54. The van der Waals surface area contributed by atoms with Crippen LogP contribution < -0.4 is 5.14 Å². The van der Waals surface area contributed by atoms with Crippen LogP contribution in [0.5, 0.6) is 0 Å². The predicted molar refractivity (Wildman–Crippen MR) is 139 cm³/mol. The van der Waals surface area contributed by atoms with Crippen molar-refractivity contribution in [3.8, 4) is 11.3 Å². The van der Waals surface area contributed by atoms with Gasteiger partial charge in [-0.05, 0) is 55.5 Å². The fourth-order valence-electron chi connectivity index (χ4n) is 5.41. The Balaban J connectivity index is 1.65. The zero-order valence-electron chi connectivity index (χ0n) is 19.4. The summed E-state index contributed by atoms with van der Waals surface area (Å²) in [6, 6.07) is 17.9. The van der Waals surface area contributed by atoms with Crippen LogP contribution in [0.4, 0.5) is 0 Å². The van der Waals surface area contributed by atoms with Gasteiger partial charge in [0.2, 0.25) is 10.0 Å². The number of nitrogens with two attached hydrogens (primary N) is 1. The molecule has 2 heterocycles. The molecule has 0 bridgehead atoms. The number of hydrogen-bond acceptors (Lipinski definition) is 2. The second kappa shape index (κ2) is 9.25. The van der Waals surface area contributed by atoms with E-state index in [0.29, 0.717) is 17.5 Å². The van der Waals surface area contributed by atoms with E-state index < -0.39 is 10.0 Å². The van der Waals surface area contributed by atoms with Gasteiger partial charge >= 0.3 is 0 Å². The number of hydrogen-bond donors (Lipinski definition) is 1. The number of sulfonamides is 1. The number of fused-ring (bicyclic) bond motifs is 1. The minimum atomic E-state index is -3.83. The van der Waals surface area contributed by atoms with Crippen LogP contribution in [-0.2, 0) is 23.1 Å². The Kier molecular flexibility index (Phi) is 6.32. The number of benzene rings is 2. The Morgan fingerprint density at radius 1 is 1.03 bits per heavy atom. The lowest BCUT2D eigenvalue weighted by molar-refractivity contribution is 0.318. The number of rotatable bonds is 6. The summed E-state index contributed by atoms with van der Waals surface area (Å²) >= 11 is 6.23. The van der Waals surface area contributed by atoms with E-state index in [1.807, 2.05) is 37.3 Å². The zero-order chi connectivity index (χ0) is 23.9. The van der Waals surface area contributed by atoms with E-state index in [-0.39, 0.29) is 4.90 Å². The van der Waals surface area contributed by atoms with E-state index in [2.05, 4.69) is 33.5 Å². The van der Waals surface area contributed by atoms with Crippen LogP contribution in [-0.4, -0.2) is 17.6 Å². The molecule has 0 spiro atoms. The Morgan fingerprint density at radius 2 is 1.79 bits per heavy atom. The number of aromatic nitrogens is 2. The molecule has 2 aromatic carbocycles. The highest BCUT2D eigenvalue weighted by Crippen LogP contribution is 2.37. The van der Waals surface area contributed by atoms with Gasteiger partial charge in [-0.25, -0.2) is 13.6 Å². The summed E-state index contributed by atoms with van der Waals surface area (Å²) in [6.07, 6.45) is 8.25. The summed E-state index contributed by atoms with van der Waals surface area (Å²) in [5.74, 6) is 0.548. The molecule has 0 saturated heterocycles. The van der Waals surface area contributed by atoms with Crippen molar-refractivity contribution < 1.29 is 8.42 Å². The van der Waals surface area contributed by atoms with Gasteiger partial charge < -0.3 is 9.13 Å². The summed E-state index contributed by atoms with van der Waals surface area (Å²) in [6.45, 7) is 3.35. The quantitative estimate of drug-likeness (QED) is 0.338. The Morgan fingerprint density at radius 3 is 2.53 bits per heavy atom. The minimum Gasteiger partial charge on any atom is -0.343 e. The van der Waals surface area contributed by atoms with Crippen LogP contribution in [0.15, 0.2) is 65.7 Å². The minimum absolute atomic E-state index is 0.213. The maximum Gasteiger partial charge on any atom is 0.239 e. The molecule has 5 rings (SSSR count). The molecular weight excluding hydrogens is 466 g/mol. The highest BCUT2D eigenvalue weighted by Gasteiger charge is 2.25. The van der Waals surface area contributed by atoms with Gasteiger partial charge in [0.1, 0.15) is 4.90 Å². The molecule has 0 atom stereocenters. The topological polar surface area (TPSA) is 70.0 Å². The van der Waals surface area contributed by atoms with Crippen molar-refractivity contribution >= 4 is 32.5 Å². The van der Waals surface area contributed by atoms with Gasteiger partial charge in [-0.2, -0.15) is 0 Å². The second-order valence-corrected chi connectivity index (χ2v) is 11.4. The lowest BCUT2D eigenvalue weighted by Gasteiger charge is -2.24. The van der Waals surface area contributed by atoms with Gasteiger partial charge in [-0.15, -0.1) is 0 Å². The first-order valence-corrected chi connectivity index (χ1v) is 13.8. The van der Waals surface area contributed by atoms with Crippen molar-refractivity contribution in [1.29, 1.82) is 0 Å². The first kappa shape index (κ1) is 23.2. The van der Waals surface area contributed by atoms with Crippen LogP contribution >= 0.6 is 11.6 Å². The van der Waals surface area contributed by atoms with Crippen LogP contribution in [0.2, 0.25) is 5.02 Å². The molecule has 1 fully saturated rings. The van der Waals surface area contributed by atoms with Crippen LogP contribution in [0.1, 0.15) is 43.4 Å². The van der Waals surface area contributed by atoms with Crippen LogP contribution in [0, 0.1) is 12.8 Å². The molecule has 0 aliphatic heterocycles. The second-order valence-electron chi connectivity index (χ2n) is 9.46. The molecule has 7 heteroatoms. The molecule has 2 aromatic heterocycles. The summed E-state index contributed by atoms with van der Waals surface area (Å²) in [7, 11) is -3.83. The zero-order valence-corrected chi connectivity index (χ0v) is 20.9. The normalized spacial score (nSPS) is 15.3. The number of primary sulfonamides is 1. The van der Waals surface area contributed by atoms with E-state index in [4.69, 9.17) is 16.7 Å². The fourth-order valence-corrected chi connectivity index (χ4v) is 6.42. The van der Waals surface area contributed by atoms with Gasteiger partial charge in [0.15, 0.2) is 0 Å². The number of halogens is 1. The van der Waals surface area contributed by atoms with E-state index in [9.17, 15) is 8.42 Å². The summed E-state index contributed by atoms with van der Waals surface area (Å²) in [5, 5.41) is 7.43. The van der Waals surface area contributed by atoms with Crippen LogP contribution in [0.25, 0.3) is 22.2 Å². The average Bonchev–Trinajstić information content (AvgIpc) is 3.32. The van der Waals surface area contributed by atoms with E-state index in [1.165, 1.54) is 32.1 Å². The van der Waals surface area contributed by atoms with Crippen molar-refractivity contribution in [2.45, 2.75) is 57.0 Å². The lowest BCUT2D eigenvalue weighted by Crippen LogP contribution is -2.17. The fraction of sp³-hybridized carbons (Fsp3) is 0.333. The van der Waals surface area contributed by atoms with E-state index in [0.717, 1.165) is 40.0 Å². The Bertz CT molecular complexity index is 1450. The van der Waals surface area contributed by atoms with Crippen LogP contribution in [0.3, 0.4) is 0 Å².